The van der Waals surface area contributed by atoms with Crippen molar-refractivity contribution in [3.05, 3.63) is 42.6 Å². The maximum Gasteiger partial charge on any atom is 0.147 e. The molecular weight excluding hydrogens is 418 g/mol. The Bertz CT molecular complexity index is 728. The molecule has 1 aliphatic carbocycles. The van der Waals surface area contributed by atoms with Crippen LogP contribution in [-0.4, -0.2) is 42.2 Å². The number of halogens is 1. The van der Waals surface area contributed by atoms with Crippen molar-refractivity contribution in [2.75, 3.05) is 25.5 Å². The lowest BCUT2D eigenvalue weighted by atomic mass is 9.92. The molecular formula is C22H30BrN3S. The molecule has 2 aliphatic rings. The van der Waals surface area contributed by atoms with Gasteiger partial charge in [-0.1, -0.05) is 30.3 Å². The van der Waals surface area contributed by atoms with Crippen molar-refractivity contribution in [2.45, 2.75) is 60.9 Å². The number of benzene rings is 1. The van der Waals surface area contributed by atoms with Gasteiger partial charge in [0.15, 0.2) is 0 Å². The van der Waals surface area contributed by atoms with Gasteiger partial charge in [0, 0.05) is 11.1 Å². The summed E-state index contributed by atoms with van der Waals surface area (Å²) in [7, 11) is 4.87. The Labute approximate surface area is 178 Å². The average Bonchev–Trinajstić information content (AvgIpc) is 2.68. The Hall–Kier alpha value is -1.04. The first kappa shape index (κ1) is 20.7. The van der Waals surface area contributed by atoms with Crippen LogP contribution in [0, 0.1) is 0 Å². The van der Waals surface area contributed by atoms with Gasteiger partial charge < -0.3 is 26.4 Å². The molecule has 4 rings (SSSR count). The molecule has 0 saturated heterocycles. The monoisotopic (exact) mass is 447 g/mol. The molecule has 0 radical (unpaired) electrons. The first-order valence-electron chi connectivity index (χ1n) is 9.90. The minimum atomic E-state index is 0. The fourth-order valence-electron chi connectivity index (χ4n) is 4.43. The highest BCUT2D eigenvalue weighted by Gasteiger charge is 2.37. The Morgan fingerprint density at radius 2 is 1.78 bits per heavy atom. The SMILES string of the molecule is CC(CN1c2ccccc2Sc2cccnc21)[N+](C)(C)C1CCCCC1.[Br-]. The number of aromatic nitrogens is 1. The van der Waals surface area contributed by atoms with Gasteiger partial charge >= 0.3 is 0 Å². The number of hydrogen-bond donors (Lipinski definition) is 0. The Morgan fingerprint density at radius 1 is 1.07 bits per heavy atom. The lowest BCUT2D eigenvalue weighted by molar-refractivity contribution is -0.936. The highest BCUT2D eigenvalue weighted by atomic mass is 79.9. The molecule has 3 nitrogen and oxygen atoms in total. The van der Waals surface area contributed by atoms with E-state index >= 15 is 0 Å². The molecule has 1 aromatic carbocycles. The molecule has 1 aliphatic heterocycles. The summed E-state index contributed by atoms with van der Waals surface area (Å²) < 4.78 is 1.11. The largest absolute Gasteiger partial charge is 1.00 e. The van der Waals surface area contributed by atoms with Crippen LogP contribution < -0.4 is 21.9 Å². The van der Waals surface area contributed by atoms with Crippen LogP contribution in [-0.2, 0) is 0 Å². The summed E-state index contributed by atoms with van der Waals surface area (Å²) in [6.45, 7) is 3.42. The summed E-state index contributed by atoms with van der Waals surface area (Å²) in [6.07, 6.45) is 8.88. The predicted molar refractivity (Wildman–Crippen MR) is 110 cm³/mol. The first-order chi connectivity index (χ1) is 12.6. The smallest absolute Gasteiger partial charge is 0.147 e. The molecule has 1 aromatic heterocycles. The van der Waals surface area contributed by atoms with Crippen LogP contribution >= 0.6 is 11.8 Å². The molecule has 0 N–H and O–H groups in total. The summed E-state index contributed by atoms with van der Waals surface area (Å²) in [4.78, 5) is 9.80. The van der Waals surface area contributed by atoms with E-state index < -0.39 is 0 Å². The molecule has 2 heterocycles. The maximum atomic E-state index is 4.75. The number of rotatable bonds is 4. The first-order valence-corrected chi connectivity index (χ1v) is 10.7. The second-order valence-electron chi connectivity index (χ2n) is 8.28. The summed E-state index contributed by atoms with van der Waals surface area (Å²) in [6, 6.07) is 14.3. The third-order valence-corrected chi connectivity index (χ3v) is 7.58. The molecule has 0 bridgehead atoms. The average molecular weight is 448 g/mol. The van der Waals surface area contributed by atoms with E-state index in [-0.39, 0.29) is 17.0 Å². The van der Waals surface area contributed by atoms with Crippen LogP contribution in [0.15, 0.2) is 52.4 Å². The highest BCUT2D eigenvalue weighted by Crippen LogP contribution is 2.47. The zero-order valence-corrected chi connectivity index (χ0v) is 19.0. The van der Waals surface area contributed by atoms with Crippen molar-refractivity contribution < 1.29 is 21.5 Å². The minimum Gasteiger partial charge on any atom is -1.00 e. The van der Waals surface area contributed by atoms with Crippen molar-refractivity contribution in [2.24, 2.45) is 0 Å². The summed E-state index contributed by atoms with van der Waals surface area (Å²) in [5.74, 6) is 1.12. The summed E-state index contributed by atoms with van der Waals surface area (Å²) >= 11 is 1.84. The van der Waals surface area contributed by atoms with Crippen LogP contribution in [0.5, 0.6) is 0 Å². The van der Waals surface area contributed by atoms with Crippen molar-refractivity contribution in [1.82, 2.24) is 4.98 Å². The van der Waals surface area contributed by atoms with E-state index in [9.17, 15) is 0 Å². The maximum absolute atomic E-state index is 4.75. The number of fused-ring (bicyclic) bond motifs is 2. The fraction of sp³-hybridized carbons (Fsp3) is 0.500. The van der Waals surface area contributed by atoms with E-state index in [1.165, 1.54) is 47.6 Å². The molecule has 1 saturated carbocycles. The fourth-order valence-corrected chi connectivity index (χ4v) is 5.50. The van der Waals surface area contributed by atoms with Crippen LogP contribution in [0.2, 0.25) is 0 Å². The topological polar surface area (TPSA) is 16.1 Å². The van der Waals surface area contributed by atoms with Crippen molar-refractivity contribution in [3.63, 3.8) is 0 Å². The van der Waals surface area contributed by atoms with Crippen LogP contribution in [0.25, 0.3) is 0 Å². The van der Waals surface area contributed by atoms with Gasteiger partial charge in [0.2, 0.25) is 0 Å². The Balaban J connectivity index is 0.00000210. The summed E-state index contributed by atoms with van der Waals surface area (Å²) in [5.41, 5.74) is 1.30. The second kappa shape index (κ2) is 8.54. The molecule has 146 valence electrons. The van der Waals surface area contributed by atoms with Gasteiger partial charge in [0.1, 0.15) is 11.9 Å². The highest BCUT2D eigenvalue weighted by molar-refractivity contribution is 7.99. The molecule has 0 amide bonds. The van der Waals surface area contributed by atoms with Crippen molar-refractivity contribution in [1.29, 1.82) is 0 Å². The standard InChI is InChI=1S/C22H30N3S.BrH/c1-17(25(2,3)18-10-5-4-6-11-18)16-24-19-12-7-8-13-20(19)26-21-14-9-15-23-22(21)24;/h7-9,12-15,17-18H,4-6,10-11,16H2,1-3H3;1H/q+1;/p-1. The minimum absolute atomic E-state index is 0. The molecule has 27 heavy (non-hydrogen) atoms. The van der Waals surface area contributed by atoms with Gasteiger partial charge in [-0.15, -0.1) is 0 Å². The number of likely N-dealkylation sites (N-methyl/N-ethyl adjacent to an activating group) is 1. The van der Waals surface area contributed by atoms with Crippen LogP contribution in [0.3, 0.4) is 0 Å². The lowest BCUT2D eigenvalue weighted by Gasteiger charge is -2.46. The number of nitrogens with zero attached hydrogens (tertiary/aromatic N) is 3. The van der Waals surface area contributed by atoms with Gasteiger partial charge in [-0.25, -0.2) is 4.98 Å². The molecule has 1 atom stereocenters. The second-order valence-corrected chi connectivity index (χ2v) is 9.36. The molecule has 1 fully saturated rings. The van der Waals surface area contributed by atoms with Crippen molar-refractivity contribution in [3.8, 4) is 0 Å². The quantitative estimate of drug-likeness (QED) is 0.669. The van der Waals surface area contributed by atoms with E-state index in [0.29, 0.717) is 6.04 Å². The van der Waals surface area contributed by atoms with Gasteiger partial charge in [0.25, 0.3) is 0 Å². The number of anilines is 2. The van der Waals surface area contributed by atoms with E-state index in [1.807, 2.05) is 24.0 Å². The van der Waals surface area contributed by atoms with E-state index in [1.54, 1.807) is 0 Å². The van der Waals surface area contributed by atoms with Crippen LogP contribution in [0.1, 0.15) is 39.0 Å². The third-order valence-electron chi connectivity index (χ3n) is 6.48. The zero-order valence-electron chi connectivity index (χ0n) is 16.6. The van der Waals surface area contributed by atoms with E-state index in [0.717, 1.165) is 22.9 Å². The normalized spacial score (nSPS) is 18.3. The van der Waals surface area contributed by atoms with Gasteiger partial charge in [-0.05, 0) is 56.9 Å². The molecule has 2 aromatic rings. The summed E-state index contributed by atoms with van der Waals surface area (Å²) in [5, 5.41) is 0. The zero-order chi connectivity index (χ0) is 18.1. The van der Waals surface area contributed by atoms with Gasteiger partial charge in [-0.2, -0.15) is 0 Å². The third kappa shape index (κ3) is 4.06. The number of para-hydroxylation sites is 1. The predicted octanol–water partition coefficient (Wildman–Crippen LogP) is 2.49. The van der Waals surface area contributed by atoms with Crippen molar-refractivity contribution >= 4 is 23.3 Å². The van der Waals surface area contributed by atoms with Gasteiger partial charge in [0.05, 0.1) is 37.3 Å². The van der Waals surface area contributed by atoms with E-state index in [2.05, 4.69) is 56.3 Å². The number of quaternary nitrogens is 1. The molecule has 1 unspecified atom stereocenters. The van der Waals surface area contributed by atoms with Crippen LogP contribution in [0.4, 0.5) is 11.5 Å². The number of pyridine rings is 1. The van der Waals surface area contributed by atoms with Gasteiger partial charge in [-0.3, -0.25) is 0 Å². The molecule has 0 spiro atoms. The number of hydrogen-bond acceptors (Lipinski definition) is 3. The Kier molecular flexibility index (Phi) is 6.54. The van der Waals surface area contributed by atoms with E-state index in [4.69, 9.17) is 4.98 Å². The Morgan fingerprint density at radius 3 is 2.56 bits per heavy atom. The lowest BCUT2D eigenvalue weighted by Crippen LogP contribution is -3.00. The molecule has 5 heteroatoms.